The van der Waals surface area contributed by atoms with Gasteiger partial charge in [0.1, 0.15) is 0 Å². The second-order valence-electron chi connectivity index (χ2n) is 4.81. The van der Waals surface area contributed by atoms with Crippen molar-refractivity contribution in [2.24, 2.45) is 4.99 Å². The Bertz CT molecular complexity index is 870. The van der Waals surface area contributed by atoms with E-state index in [4.69, 9.17) is 11.6 Å². The topological polar surface area (TPSA) is 60.4 Å². The van der Waals surface area contributed by atoms with Crippen LogP contribution in [0.15, 0.2) is 71.9 Å². The Morgan fingerprint density at radius 1 is 1.09 bits per heavy atom. The molecule has 114 valence electrons. The highest BCUT2D eigenvalue weighted by Gasteiger charge is 2.05. The fourth-order valence-corrected chi connectivity index (χ4v) is 2.29. The molecule has 0 fully saturated rings. The van der Waals surface area contributed by atoms with Gasteiger partial charge in [-0.05, 0) is 42.5 Å². The lowest BCUT2D eigenvalue weighted by Crippen LogP contribution is -1.97. The average Bonchev–Trinajstić information content (AvgIpc) is 3.02. The van der Waals surface area contributed by atoms with Gasteiger partial charge >= 0.3 is 0 Å². The molecule has 6 heteroatoms. The number of nitro groups is 1. The van der Waals surface area contributed by atoms with Crippen molar-refractivity contribution >= 4 is 29.2 Å². The number of non-ortho nitro benzene ring substituents is 1. The molecule has 1 aromatic heterocycles. The van der Waals surface area contributed by atoms with Crippen LogP contribution >= 0.6 is 11.6 Å². The number of nitrogens with zero attached hydrogens (tertiary/aromatic N) is 3. The Morgan fingerprint density at radius 2 is 1.87 bits per heavy atom. The fourth-order valence-electron chi connectivity index (χ4n) is 2.16. The largest absolute Gasteiger partial charge is 0.316 e. The Balaban J connectivity index is 1.89. The second-order valence-corrected chi connectivity index (χ2v) is 5.25. The van der Waals surface area contributed by atoms with Gasteiger partial charge in [-0.2, -0.15) is 0 Å². The normalized spacial score (nSPS) is 11.0. The second kappa shape index (κ2) is 6.46. The Labute approximate surface area is 137 Å². The molecule has 23 heavy (non-hydrogen) atoms. The minimum absolute atomic E-state index is 0.0210. The standard InChI is InChI=1S/C17H12ClN3O2/c18-13-6-8-15(9-7-13)20-10-2-5-17(20)12-19-14-3-1-4-16(11-14)21(22)23/h1-12H. The van der Waals surface area contributed by atoms with E-state index in [0.29, 0.717) is 10.7 Å². The fraction of sp³-hybridized carbons (Fsp3) is 0. The van der Waals surface area contributed by atoms with Crippen molar-refractivity contribution in [2.45, 2.75) is 0 Å². The van der Waals surface area contributed by atoms with Gasteiger partial charge in [-0.1, -0.05) is 17.7 Å². The van der Waals surface area contributed by atoms with Gasteiger partial charge in [0.05, 0.1) is 22.5 Å². The van der Waals surface area contributed by atoms with E-state index in [1.54, 1.807) is 18.3 Å². The molecule has 0 aliphatic carbocycles. The van der Waals surface area contributed by atoms with Crippen molar-refractivity contribution in [2.75, 3.05) is 0 Å². The van der Waals surface area contributed by atoms with Crippen molar-refractivity contribution in [3.05, 3.63) is 87.7 Å². The van der Waals surface area contributed by atoms with E-state index < -0.39 is 4.92 Å². The van der Waals surface area contributed by atoms with Crippen LogP contribution in [0.2, 0.25) is 5.02 Å². The van der Waals surface area contributed by atoms with E-state index in [1.807, 2.05) is 47.2 Å². The molecule has 0 unspecified atom stereocenters. The van der Waals surface area contributed by atoms with E-state index in [1.165, 1.54) is 12.1 Å². The van der Waals surface area contributed by atoms with E-state index in [9.17, 15) is 10.1 Å². The lowest BCUT2D eigenvalue weighted by molar-refractivity contribution is -0.384. The molecule has 0 atom stereocenters. The summed E-state index contributed by atoms with van der Waals surface area (Å²) in [7, 11) is 0. The van der Waals surface area contributed by atoms with Crippen molar-refractivity contribution in [3.8, 4) is 5.69 Å². The zero-order valence-corrected chi connectivity index (χ0v) is 12.7. The van der Waals surface area contributed by atoms with E-state index in [0.717, 1.165) is 11.4 Å². The third kappa shape index (κ3) is 3.46. The first-order chi connectivity index (χ1) is 11.1. The summed E-state index contributed by atoms with van der Waals surface area (Å²) in [6, 6.07) is 17.5. The zero-order valence-electron chi connectivity index (χ0n) is 12.0. The summed E-state index contributed by atoms with van der Waals surface area (Å²) in [5.74, 6) is 0. The highest BCUT2D eigenvalue weighted by atomic mass is 35.5. The van der Waals surface area contributed by atoms with Gasteiger partial charge in [-0.15, -0.1) is 0 Å². The van der Waals surface area contributed by atoms with Crippen molar-refractivity contribution in [3.63, 3.8) is 0 Å². The molecular weight excluding hydrogens is 314 g/mol. The summed E-state index contributed by atoms with van der Waals surface area (Å²) >= 11 is 5.90. The maximum atomic E-state index is 10.8. The number of halogens is 1. The van der Waals surface area contributed by atoms with Gasteiger partial charge in [0.2, 0.25) is 0 Å². The lowest BCUT2D eigenvalue weighted by atomic mass is 10.3. The first-order valence-electron chi connectivity index (χ1n) is 6.85. The molecule has 0 bridgehead atoms. The third-order valence-corrected chi connectivity index (χ3v) is 3.52. The monoisotopic (exact) mass is 325 g/mol. The molecular formula is C17H12ClN3O2. The number of hydrogen-bond donors (Lipinski definition) is 0. The summed E-state index contributed by atoms with van der Waals surface area (Å²) in [4.78, 5) is 14.7. The minimum atomic E-state index is -0.435. The van der Waals surface area contributed by atoms with Crippen LogP contribution in [0, 0.1) is 10.1 Å². The molecule has 3 aromatic rings. The number of aliphatic imine (C=N–C) groups is 1. The zero-order chi connectivity index (χ0) is 16.2. The summed E-state index contributed by atoms with van der Waals surface area (Å²) < 4.78 is 1.96. The third-order valence-electron chi connectivity index (χ3n) is 3.27. The lowest BCUT2D eigenvalue weighted by Gasteiger charge is -2.06. The molecule has 0 aliphatic heterocycles. The van der Waals surface area contributed by atoms with Crippen LogP contribution < -0.4 is 0 Å². The Morgan fingerprint density at radius 3 is 2.61 bits per heavy atom. The molecule has 0 saturated heterocycles. The van der Waals surface area contributed by atoms with E-state index >= 15 is 0 Å². The molecule has 0 amide bonds. The van der Waals surface area contributed by atoms with Gasteiger partial charge in [0, 0.05) is 29.0 Å². The van der Waals surface area contributed by atoms with Crippen LogP contribution in [0.5, 0.6) is 0 Å². The van der Waals surface area contributed by atoms with Crippen molar-refractivity contribution in [1.29, 1.82) is 0 Å². The summed E-state index contributed by atoms with van der Waals surface area (Å²) in [6.45, 7) is 0. The van der Waals surface area contributed by atoms with E-state index in [2.05, 4.69) is 4.99 Å². The minimum Gasteiger partial charge on any atom is -0.316 e. The molecule has 0 saturated carbocycles. The number of rotatable bonds is 4. The Kier molecular flexibility index (Phi) is 4.21. The van der Waals surface area contributed by atoms with Crippen LogP contribution in [0.1, 0.15) is 5.69 Å². The van der Waals surface area contributed by atoms with Gasteiger partial charge in [0.15, 0.2) is 0 Å². The van der Waals surface area contributed by atoms with Gasteiger partial charge in [0.25, 0.3) is 5.69 Å². The van der Waals surface area contributed by atoms with Crippen LogP contribution in [0.3, 0.4) is 0 Å². The number of hydrogen-bond acceptors (Lipinski definition) is 3. The number of benzene rings is 2. The first-order valence-corrected chi connectivity index (χ1v) is 7.23. The average molecular weight is 326 g/mol. The van der Waals surface area contributed by atoms with Crippen molar-refractivity contribution < 1.29 is 4.92 Å². The van der Waals surface area contributed by atoms with Crippen LogP contribution in [0.4, 0.5) is 11.4 Å². The highest BCUT2D eigenvalue weighted by Crippen LogP contribution is 2.20. The molecule has 3 rings (SSSR count). The maximum absolute atomic E-state index is 10.8. The summed E-state index contributed by atoms with van der Waals surface area (Å²) in [6.07, 6.45) is 3.59. The molecule has 0 N–H and O–H groups in total. The van der Waals surface area contributed by atoms with Crippen LogP contribution in [0.25, 0.3) is 5.69 Å². The van der Waals surface area contributed by atoms with Crippen LogP contribution in [-0.2, 0) is 0 Å². The highest BCUT2D eigenvalue weighted by molar-refractivity contribution is 6.30. The molecule has 1 heterocycles. The van der Waals surface area contributed by atoms with Crippen molar-refractivity contribution in [1.82, 2.24) is 4.57 Å². The summed E-state index contributed by atoms with van der Waals surface area (Å²) in [5, 5.41) is 11.5. The SMILES string of the molecule is O=[N+]([O-])c1cccc(N=Cc2cccn2-c2ccc(Cl)cc2)c1. The van der Waals surface area contributed by atoms with Gasteiger partial charge in [-0.25, -0.2) is 0 Å². The molecule has 0 radical (unpaired) electrons. The smallest absolute Gasteiger partial charge is 0.271 e. The first kappa shape index (κ1) is 15.0. The maximum Gasteiger partial charge on any atom is 0.271 e. The predicted octanol–water partition coefficient (Wildman–Crippen LogP) is 4.79. The molecule has 5 nitrogen and oxygen atoms in total. The molecule has 0 aliphatic rings. The quantitative estimate of drug-likeness (QED) is 0.393. The molecule has 2 aromatic carbocycles. The summed E-state index contributed by atoms with van der Waals surface area (Å²) in [5.41, 5.74) is 2.37. The predicted molar refractivity (Wildman–Crippen MR) is 91.1 cm³/mol. The Hall–Kier alpha value is -2.92. The van der Waals surface area contributed by atoms with E-state index in [-0.39, 0.29) is 5.69 Å². The molecule has 0 spiro atoms. The van der Waals surface area contributed by atoms with Crippen LogP contribution in [-0.4, -0.2) is 15.7 Å². The number of aromatic nitrogens is 1. The number of nitro benzene ring substituents is 1. The van der Waals surface area contributed by atoms with Gasteiger partial charge in [-0.3, -0.25) is 15.1 Å². The van der Waals surface area contributed by atoms with Gasteiger partial charge < -0.3 is 4.57 Å².